The Morgan fingerprint density at radius 3 is 2.43 bits per heavy atom. The van der Waals surface area contributed by atoms with Crippen LogP contribution in [0.15, 0.2) is 24.3 Å². The molecule has 126 valence electrons. The Morgan fingerprint density at radius 2 is 1.78 bits per heavy atom. The molecular formula is C15H21ClN4O3. The lowest BCUT2D eigenvalue weighted by Crippen LogP contribution is -2.45. The molecule has 0 saturated carbocycles. The van der Waals surface area contributed by atoms with Gasteiger partial charge in [-0.1, -0.05) is 30.7 Å². The zero-order valence-electron chi connectivity index (χ0n) is 13.2. The van der Waals surface area contributed by atoms with Crippen molar-refractivity contribution in [1.82, 2.24) is 15.5 Å². The summed E-state index contributed by atoms with van der Waals surface area (Å²) in [7, 11) is 1.61. The molecular weight excluding hydrogens is 320 g/mol. The van der Waals surface area contributed by atoms with E-state index in [0.717, 1.165) is 6.42 Å². The van der Waals surface area contributed by atoms with Crippen LogP contribution >= 0.6 is 11.6 Å². The summed E-state index contributed by atoms with van der Waals surface area (Å²) < 4.78 is 0. The number of likely N-dealkylation sites (N-methyl/N-ethyl adjacent to an activating group) is 1. The van der Waals surface area contributed by atoms with Crippen LogP contribution in [0.3, 0.4) is 0 Å². The average Bonchev–Trinajstić information content (AvgIpc) is 2.47. The molecule has 0 aliphatic rings. The molecule has 0 heterocycles. The molecule has 0 unspecified atom stereocenters. The van der Waals surface area contributed by atoms with Gasteiger partial charge >= 0.3 is 6.03 Å². The molecule has 0 atom stereocenters. The van der Waals surface area contributed by atoms with E-state index in [-0.39, 0.29) is 19.0 Å². The number of amides is 4. The number of hydrogen-bond donors (Lipinski definition) is 3. The number of benzene rings is 1. The van der Waals surface area contributed by atoms with Crippen LogP contribution in [-0.4, -0.2) is 49.4 Å². The van der Waals surface area contributed by atoms with E-state index < -0.39 is 11.9 Å². The van der Waals surface area contributed by atoms with Gasteiger partial charge < -0.3 is 10.6 Å². The first kappa shape index (κ1) is 18.9. The topological polar surface area (TPSA) is 90.5 Å². The van der Waals surface area contributed by atoms with Crippen molar-refractivity contribution in [1.29, 1.82) is 0 Å². The molecule has 0 aromatic heterocycles. The number of hydrogen-bond acceptors (Lipinski definition) is 4. The summed E-state index contributed by atoms with van der Waals surface area (Å²) in [5.74, 6) is -0.782. The van der Waals surface area contributed by atoms with Crippen molar-refractivity contribution in [3.8, 4) is 0 Å². The van der Waals surface area contributed by atoms with E-state index in [1.165, 1.54) is 4.90 Å². The van der Waals surface area contributed by atoms with Crippen LogP contribution in [0.25, 0.3) is 0 Å². The minimum Gasteiger partial charge on any atom is -0.338 e. The van der Waals surface area contributed by atoms with E-state index in [0.29, 0.717) is 17.3 Å². The molecule has 1 aromatic rings. The molecule has 3 N–H and O–H groups in total. The van der Waals surface area contributed by atoms with Crippen LogP contribution in [-0.2, 0) is 9.59 Å². The van der Waals surface area contributed by atoms with Gasteiger partial charge in [0, 0.05) is 6.54 Å². The van der Waals surface area contributed by atoms with Gasteiger partial charge in [-0.3, -0.25) is 19.8 Å². The summed E-state index contributed by atoms with van der Waals surface area (Å²) in [5.41, 5.74) is 0.510. The Kier molecular flexibility index (Phi) is 8.07. The first-order valence-electron chi connectivity index (χ1n) is 7.23. The zero-order chi connectivity index (χ0) is 17.2. The normalized spacial score (nSPS) is 10.3. The maximum Gasteiger partial charge on any atom is 0.321 e. The average molecular weight is 341 g/mol. The van der Waals surface area contributed by atoms with Gasteiger partial charge in [0.1, 0.15) is 0 Å². The molecule has 1 rings (SSSR count). The molecule has 0 fully saturated rings. The maximum absolute atomic E-state index is 11.9. The van der Waals surface area contributed by atoms with Gasteiger partial charge in [0.15, 0.2) is 0 Å². The second-order valence-corrected chi connectivity index (χ2v) is 5.41. The molecule has 0 aliphatic carbocycles. The number of carbonyl (C=O) groups excluding carboxylic acids is 3. The second-order valence-electron chi connectivity index (χ2n) is 5.00. The van der Waals surface area contributed by atoms with Crippen molar-refractivity contribution in [3.05, 3.63) is 29.3 Å². The van der Waals surface area contributed by atoms with Gasteiger partial charge in [-0.2, -0.15) is 0 Å². The predicted molar refractivity (Wildman–Crippen MR) is 89.4 cm³/mol. The highest BCUT2D eigenvalue weighted by molar-refractivity contribution is 6.33. The Bertz CT molecular complexity index is 565. The fourth-order valence-corrected chi connectivity index (χ4v) is 1.93. The second kappa shape index (κ2) is 9.81. The first-order valence-corrected chi connectivity index (χ1v) is 7.60. The molecule has 0 spiro atoms. The van der Waals surface area contributed by atoms with Crippen LogP contribution in [0.1, 0.15) is 13.3 Å². The summed E-state index contributed by atoms with van der Waals surface area (Å²) in [6.45, 7) is 2.33. The number of imide groups is 1. The summed E-state index contributed by atoms with van der Waals surface area (Å²) in [6.07, 6.45) is 0.781. The molecule has 4 amide bonds. The number of rotatable bonds is 7. The van der Waals surface area contributed by atoms with Crippen molar-refractivity contribution in [2.75, 3.05) is 32.0 Å². The Hall–Kier alpha value is -2.12. The van der Waals surface area contributed by atoms with Crippen molar-refractivity contribution >= 4 is 35.1 Å². The summed E-state index contributed by atoms with van der Waals surface area (Å²) in [4.78, 5) is 36.4. The van der Waals surface area contributed by atoms with Gasteiger partial charge in [-0.05, 0) is 25.6 Å². The number of anilines is 1. The SMILES string of the molecule is CCCNC(=O)NC(=O)CN(C)CC(=O)Nc1ccccc1Cl. The number of para-hydroxylation sites is 1. The highest BCUT2D eigenvalue weighted by atomic mass is 35.5. The highest BCUT2D eigenvalue weighted by Gasteiger charge is 2.13. The Morgan fingerprint density at radius 1 is 1.13 bits per heavy atom. The smallest absolute Gasteiger partial charge is 0.321 e. The molecule has 0 aliphatic heterocycles. The number of carbonyl (C=O) groups is 3. The van der Waals surface area contributed by atoms with Gasteiger partial charge in [-0.15, -0.1) is 0 Å². The molecule has 0 bridgehead atoms. The maximum atomic E-state index is 11.9. The van der Waals surface area contributed by atoms with Crippen molar-refractivity contribution in [2.45, 2.75) is 13.3 Å². The number of halogens is 1. The molecule has 23 heavy (non-hydrogen) atoms. The van der Waals surface area contributed by atoms with Gasteiger partial charge in [0.25, 0.3) is 0 Å². The Labute approximate surface area is 140 Å². The summed E-state index contributed by atoms with van der Waals surface area (Å²) in [6, 6.07) is 6.34. The van der Waals surface area contributed by atoms with Gasteiger partial charge in [-0.25, -0.2) is 4.79 Å². The Balaban J connectivity index is 2.36. The molecule has 0 saturated heterocycles. The van der Waals surface area contributed by atoms with Crippen LogP contribution in [0.2, 0.25) is 5.02 Å². The third-order valence-electron chi connectivity index (χ3n) is 2.76. The standard InChI is InChI=1S/C15H21ClN4O3/c1-3-8-17-15(23)19-14(22)10-20(2)9-13(21)18-12-7-5-4-6-11(12)16/h4-7H,3,8-10H2,1-2H3,(H,18,21)(H2,17,19,22,23). The molecule has 1 aromatic carbocycles. The monoisotopic (exact) mass is 340 g/mol. The van der Waals surface area contributed by atoms with Crippen LogP contribution < -0.4 is 16.0 Å². The van der Waals surface area contributed by atoms with Crippen molar-refractivity contribution < 1.29 is 14.4 Å². The first-order chi connectivity index (χ1) is 10.9. The lowest BCUT2D eigenvalue weighted by Gasteiger charge is -2.16. The van der Waals surface area contributed by atoms with E-state index in [2.05, 4.69) is 16.0 Å². The van der Waals surface area contributed by atoms with Gasteiger partial charge in [0.05, 0.1) is 23.8 Å². The van der Waals surface area contributed by atoms with Crippen LogP contribution in [0.4, 0.5) is 10.5 Å². The van der Waals surface area contributed by atoms with Crippen molar-refractivity contribution in [2.24, 2.45) is 0 Å². The molecule has 0 radical (unpaired) electrons. The number of nitrogens with zero attached hydrogens (tertiary/aromatic N) is 1. The molecule has 8 heteroatoms. The van der Waals surface area contributed by atoms with Crippen molar-refractivity contribution in [3.63, 3.8) is 0 Å². The number of urea groups is 1. The van der Waals surface area contributed by atoms with E-state index >= 15 is 0 Å². The summed E-state index contributed by atoms with van der Waals surface area (Å²) >= 11 is 5.95. The van der Waals surface area contributed by atoms with Gasteiger partial charge in [0.2, 0.25) is 11.8 Å². The zero-order valence-corrected chi connectivity index (χ0v) is 13.9. The van der Waals surface area contributed by atoms with E-state index in [1.807, 2.05) is 6.92 Å². The van der Waals surface area contributed by atoms with E-state index in [9.17, 15) is 14.4 Å². The minimum atomic E-state index is -0.536. The van der Waals surface area contributed by atoms with Crippen LogP contribution in [0.5, 0.6) is 0 Å². The number of nitrogens with one attached hydrogen (secondary N) is 3. The lowest BCUT2D eigenvalue weighted by molar-refractivity contribution is -0.122. The largest absolute Gasteiger partial charge is 0.338 e. The predicted octanol–water partition coefficient (Wildman–Crippen LogP) is 1.45. The quantitative estimate of drug-likeness (QED) is 0.700. The third kappa shape index (κ3) is 7.62. The lowest BCUT2D eigenvalue weighted by atomic mass is 10.3. The van der Waals surface area contributed by atoms with Crippen LogP contribution in [0, 0.1) is 0 Å². The molecule has 7 nitrogen and oxygen atoms in total. The fraction of sp³-hybridized carbons (Fsp3) is 0.400. The minimum absolute atomic E-state index is 0.00474. The third-order valence-corrected chi connectivity index (χ3v) is 3.09. The fourth-order valence-electron chi connectivity index (χ4n) is 1.75. The summed E-state index contributed by atoms with van der Waals surface area (Å²) in [5, 5.41) is 7.83. The van der Waals surface area contributed by atoms with E-state index in [4.69, 9.17) is 11.6 Å². The highest BCUT2D eigenvalue weighted by Crippen LogP contribution is 2.20. The van der Waals surface area contributed by atoms with E-state index in [1.54, 1.807) is 31.3 Å².